The molecule has 3 aliphatic heterocycles. The van der Waals surface area contributed by atoms with Crippen LogP contribution in [0.3, 0.4) is 0 Å². The number of benzene rings is 1. The van der Waals surface area contributed by atoms with Crippen molar-refractivity contribution in [2.75, 3.05) is 39.4 Å². The summed E-state index contributed by atoms with van der Waals surface area (Å²) in [4.78, 5) is 34.5. The van der Waals surface area contributed by atoms with Gasteiger partial charge in [-0.2, -0.15) is 5.10 Å². The Hall–Kier alpha value is -3.88. The number of piperidine rings is 1. The fourth-order valence-corrected chi connectivity index (χ4v) is 5.19. The highest BCUT2D eigenvalue weighted by atomic mass is 16.5. The summed E-state index contributed by atoms with van der Waals surface area (Å²) in [5.41, 5.74) is 0.977. The molecule has 1 N–H and O–H groups in total. The van der Waals surface area contributed by atoms with Gasteiger partial charge in [-0.25, -0.2) is 0 Å². The van der Waals surface area contributed by atoms with Crippen LogP contribution in [0.5, 0.6) is 11.5 Å². The van der Waals surface area contributed by atoms with E-state index in [1.807, 2.05) is 41.3 Å². The molecule has 1 aromatic carbocycles. The maximum atomic E-state index is 13.5. The Labute approximate surface area is 216 Å². The third kappa shape index (κ3) is 5.93. The molecule has 9 heteroatoms. The van der Waals surface area contributed by atoms with Crippen LogP contribution in [0, 0.1) is 5.41 Å². The van der Waals surface area contributed by atoms with Gasteiger partial charge in [-0.3, -0.25) is 19.7 Å². The number of amides is 2. The summed E-state index contributed by atoms with van der Waals surface area (Å²) >= 11 is 0. The van der Waals surface area contributed by atoms with Crippen molar-refractivity contribution in [3.63, 3.8) is 0 Å². The van der Waals surface area contributed by atoms with E-state index in [1.165, 1.54) is 0 Å². The van der Waals surface area contributed by atoms with Crippen LogP contribution in [0.1, 0.15) is 53.0 Å². The largest absolute Gasteiger partial charge is 0.491 e. The third-order valence-electron chi connectivity index (χ3n) is 7.43. The number of fused-ring (bicyclic) bond motifs is 9. The van der Waals surface area contributed by atoms with Crippen molar-refractivity contribution < 1.29 is 19.1 Å². The first-order chi connectivity index (χ1) is 18.1. The van der Waals surface area contributed by atoms with Crippen molar-refractivity contribution in [2.45, 2.75) is 32.1 Å². The number of rotatable bonds is 4. The number of carbonyl (C=O) groups excluding carboxylic acids is 2. The SMILES string of the molecule is O=C(c1ccn[nH]1)N1CCCCC2(COc3cccnc3)CCN(CC2)C(=O)c2ccccc2OCC1. The molecule has 194 valence electrons. The number of nitrogens with one attached hydrogen (secondary N) is 1. The number of aromatic amines is 1. The number of pyridine rings is 1. The maximum absolute atomic E-state index is 13.5. The number of para-hydroxylation sites is 1. The molecule has 2 amide bonds. The summed E-state index contributed by atoms with van der Waals surface area (Å²) in [5, 5.41) is 6.70. The minimum Gasteiger partial charge on any atom is -0.491 e. The van der Waals surface area contributed by atoms with E-state index < -0.39 is 0 Å². The molecule has 2 bridgehead atoms. The molecule has 1 fully saturated rings. The van der Waals surface area contributed by atoms with Gasteiger partial charge in [0.1, 0.15) is 23.8 Å². The standard InChI is InChI=1S/C28H33N5O4/c34-26-23-7-1-2-8-25(23)36-19-18-32(27(35)24-9-14-30-31-24)15-4-3-10-28(11-16-33(26)17-12-28)21-37-22-6-5-13-29-20-22/h1-2,5-9,13-14,20H,3-4,10-12,15-19,21H2,(H,30,31). The van der Waals surface area contributed by atoms with E-state index in [4.69, 9.17) is 9.47 Å². The zero-order valence-corrected chi connectivity index (χ0v) is 21.0. The average Bonchev–Trinajstić information content (AvgIpc) is 3.48. The molecular weight excluding hydrogens is 470 g/mol. The predicted molar refractivity (Wildman–Crippen MR) is 138 cm³/mol. The summed E-state index contributed by atoms with van der Waals surface area (Å²) in [6, 6.07) is 12.8. The molecule has 2 aromatic heterocycles. The molecule has 6 rings (SSSR count). The van der Waals surface area contributed by atoms with Crippen molar-refractivity contribution in [1.82, 2.24) is 25.0 Å². The Morgan fingerprint density at radius 3 is 2.65 bits per heavy atom. The summed E-state index contributed by atoms with van der Waals surface area (Å²) in [6.45, 7) is 3.26. The van der Waals surface area contributed by atoms with Gasteiger partial charge in [0.25, 0.3) is 11.8 Å². The van der Waals surface area contributed by atoms with E-state index in [0.717, 1.165) is 37.9 Å². The highest BCUT2D eigenvalue weighted by molar-refractivity contribution is 5.97. The lowest BCUT2D eigenvalue weighted by atomic mass is 9.75. The van der Waals surface area contributed by atoms with Crippen molar-refractivity contribution in [3.8, 4) is 11.5 Å². The average molecular weight is 504 g/mol. The number of nitrogens with zero attached hydrogens (tertiary/aromatic N) is 4. The quantitative estimate of drug-likeness (QED) is 0.581. The zero-order valence-electron chi connectivity index (χ0n) is 21.0. The molecule has 0 spiro atoms. The van der Waals surface area contributed by atoms with Crippen molar-refractivity contribution in [3.05, 3.63) is 72.3 Å². The van der Waals surface area contributed by atoms with Crippen molar-refractivity contribution in [2.24, 2.45) is 5.41 Å². The highest BCUT2D eigenvalue weighted by Crippen LogP contribution is 2.38. The van der Waals surface area contributed by atoms with Crippen LogP contribution < -0.4 is 9.47 Å². The summed E-state index contributed by atoms with van der Waals surface area (Å²) in [5.74, 6) is 1.19. The van der Waals surface area contributed by atoms with Gasteiger partial charge in [-0.05, 0) is 56.0 Å². The Balaban J connectivity index is 1.36. The Morgan fingerprint density at radius 2 is 1.86 bits per heavy atom. The van der Waals surface area contributed by atoms with Crippen LogP contribution in [0.15, 0.2) is 61.1 Å². The predicted octanol–water partition coefficient (Wildman–Crippen LogP) is 3.81. The van der Waals surface area contributed by atoms with Gasteiger partial charge in [0.05, 0.1) is 24.9 Å². The highest BCUT2D eigenvalue weighted by Gasteiger charge is 2.37. The minimum absolute atomic E-state index is 0.0161. The second-order valence-corrected chi connectivity index (χ2v) is 9.83. The van der Waals surface area contributed by atoms with Gasteiger partial charge in [0.15, 0.2) is 0 Å². The van der Waals surface area contributed by atoms with Crippen LogP contribution in [0.2, 0.25) is 0 Å². The molecule has 1 saturated heterocycles. The Bertz CT molecular complexity index is 1180. The maximum Gasteiger partial charge on any atom is 0.271 e. The smallest absolute Gasteiger partial charge is 0.271 e. The van der Waals surface area contributed by atoms with Gasteiger partial charge >= 0.3 is 0 Å². The first-order valence-electron chi connectivity index (χ1n) is 13.0. The van der Waals surface area contributed by atoms with Gasteiger partial charge in [-0.1, -0.05) is 18.6 Å². The molecular formula is C28H33N5O4. The number of hydrogen-bond acceptors (Lipinski definition) is 6. The van der Waals surface area contributed by atoms with E-state index in [0.29, 0.717) is 56.4 Å². The van der Waals surface area contributed by atoms with E-state index in [2.05, 4.69) is 15.2 Å². The third-order valence-corrected chi connectivity index (χ3v) is 7.43. The molecule has 0 radical (unpaired) electrons. The fourth-order valence-electron chi connectivity index (χ4n) is 5.19. The Morgan fingerprint density at radius 1 is 1.00 bits per heavy atom. The monoisotopic (exact) mass is 503 g/mol. The number of carbonyl (C=O) groups is 2. The van der Waals surface area contributed by atoms with E-state index >= 15 is 0 Å². The van der Waals surface area contributed by atoms with Crippen molar-refractivity contribution in [1.29, 1.82) is 0 Å². The fraction of sp³-hybridized carbons (Fsp3) is 0.429. The summed E-state index contributed by atoms with van der Waals surface area (Å²) in [6.07, 6.45) is 9.56. The lowest BCUT2D eigenvalue weighted by molar-refractivity contribution is 0.0358. The van der Waals surface area contributed by atoms with Gasteiger partial charge in [0.2, 0.25) is 0 Å². The molecule has 9 nitrogen and oxygen atoms in total. The molecule has 3 aromatic rings. The normalized spacial score (nSPS) is 18.3. The van der Waals surface area contributed by atoms with Crippen LogP contribution in [-0.2, 0) is 0 Å². The molecule has 0 unspecified atom stereocenters. The zero-order chi connectivity index (χ0) is 25.5. The summed E-state index contributed by atoms with van der Waals surface area (Å²) < 4.78 is 12.2. The molecule has 0 atom stereocenters. The van der Waals surface area contributed by atoms with Gasteiger partial charge in [0, 0.05) is 37.4 Å². The Kier molecular flexibility index (Phi) is 7.67. The number of hydrogen-bond donors (Lipinski definition) is 1. The second kappa shape index (κ2) is 11.5. The van der Waals surface area contributed by atoms with Crippen LogP contribution in [0.4, 0.5) is 0 Å². The molecule has 3 aliphatic rings. The second-order valence-electron chi connectivity index (χ2n) is 9.83. The molecule has 5 heterocycles. The van der Waals surface area contributed by atoms with Crippen molar-refractivity contribution >= 4 is 11.8 Å². The first kappa shape index (κ1) is 24.8. The number of ether oxygens (including phenoxy) is 2. The molecule has 0 aliphatic carbocycles. The molecule has 37 heavy (non-hydrogen) atoms. The first-order valence-corrected chi connectivity index (χ1v) is 13.0. The van der Waals surface area contributed by atoms with Crippen LogP contribution in [-0.4, -0.2) is 76.2 Å². The van der Waals surface area contributed by atoms with E-state index in [-0.39, 0.29) is 17.2 Å². The summed E-state index contributed by atoms with van der Waals surface area (Å²) in [7, 11) is 0. The van der Waals surface area contributed by atoms with E-state index in [1.54, 1.807) is 29.6 Å². The lowest BCUT2D eigenvalue weighted by Crippen LogP contribution is -2.45. The lowest BCUT2D eigenvalue weighted by Gasteiger charge is -2.42. The van der Waals surface area contributed by atoms with Crippen LogP contribution >= 0.6 is 0 Å². The topological polar surface area (TPSA) is 101 Å². The molecule has 0 saturated carbocycles. The van der Waals surface area contributed by atoms with Gasteiger partial charge < -0.3 is 19.3 Å². The van der Waals surface area contributed by atoms with E-state index in [9.17, 15) is 9.59 Å². The minimum atomic E-state index is -0.101. The number of aromatic nitrogens is 3. The van der Waals surface area contributed by atoms with Crippen LogP contribution in [0.25, 0.3) is 0 Å². The van der Waals surface area contributed by atoms with Gasteiger partial charge in [-0.15, -0.1) is 0 Å². The number of H-pyrrole nitrogens is 1.